The van der Waals surface area contributed by atoms with Gasteiger partial charge in [0.15, 0.2) is 5.13 Å². The lowest BCUT2D eigenvalue weighted by molar-refractivity contribution is 0.0953. The van der Waals surface area contributed by atoms with E-state index in [1.807, 2.05) is 17.0 Å². The summed E-state index contributed by atoms with van der Waals surface area (Å²) in [4.78, 5) is 16.2. The number of nitrogen functional groups attached to an aromatic ring is 1. The zero-order chi connectivity index (χ0) is 14.5. The Balaban J connectivity index is 1.88. The first-order chi connectivity index (χ1) is 9.60. The van der Waals surface area contributed by atoms with Crippen LogP contribution in [0.1, 0.15) is 35.1 Å². The molecule has 2 heterocycles. The summed E-state index contributed by atoms with van der Waals surface area (Å²) < 4.78 is 1.81. The fourth-order valence-corrected chi connectivity index (χ4v) is 2.52. The molecule has 2 rings (SSSR count). The smallest absolute Gasteiger partial charge is 0.254 e. The van der Waals surface area contributed by atoms with Crippen molar-refractivity contribution < 1.29 is 4.79 Å². The van der Waals surface area contributed by atoms with Gasteiger partial charge in [-0.1, -0.05) is 6.92 Å². The van der Waals surface area contributed by atoms with Gasteiger partial charge in [-0.15, -0.1) is 11.3 Å². The largest absolute Gasteiger partial charge is 0.375 e. The van der Waals surface area contributed by atoms with E-state index < -0.39 is 0 Å². The lowest BCUT2D eigenvalue weighted by Crippen LogP contribution is -2.26. The Morgan fingerprint density at radius 3 is 3.00 bits per heavy atom. The van der Waals surface area contributed by atoms with E-state index in [1.165, 1.54) is 11.3 Å². The molecule has 0 saturated heterocycles. The topological polar surface area (TPSA) is 85.8 Å². The van der Waals surface area contributed by atoms with Crippen molar-refractivity contribution in [3.05, 3.63) is 28.5 Å². The Hall–Kier alpha value is -1.89. The third kappa shape index (κ3) is 3.57. The quantitative estimate of drug-likeness (QED) is 0.847. The van der Waals surface area contributed by atoms with E-state index in [2.05, 4.69) is 22.3 Å². The van der Waals surface area contributed by atoms with Gasteiger partial charge in [-0.3, -0.25) is 9.48 Å². The van der Waals surface area contributed by atoms with Crippen molar-refractivity contribution >= 4 is 22.4 Å². The van der Waals surface area contributed by atoms with Crippen LogP contribution in [-0.2, 0) is 13.0 Å². The Morgan fingerprint density at radius 2 is 2.35 bits per heavy atom. The summed E-state index contributed by atoms with van der Waals surface area (Å²) in [6.07, 6.45) is 3.48. The number of hydrogen-bond acceptors (Lipinski definition) is 5. The van der Waals surface area contributed by atoms with Crippen molar-refractivity contribution in [2.45, 2.75) is 33.2 Å². The second-order valence-electron chi connectivity index (χ2n) is 4.57. The highest BCUT2D eigenvalue weighted by molar-refractivity contribution is 7.13. The number of rotatable bonds is 6. The van der Waals surface area contributed by atoms with Crippen LogP contribution < -0.4 is 11.1 Å². The molecule has 0 bridgehead atoms. The van der Waals surface area contributed by atoms with E-state index in [4.69, 9.17) is 5.73 Å². The van der Waals surface area contributed by atoms with Crippen LogP contribution in [0.4, 0.5) is 5.13 Å². The fraction of sp³-hybridized carbons (Fsp3) is 0.462. The van der Waals surface area contributed by atoms with Crippen LogP contribution in [-0.4, -0.2) is 27.2 Å². The predicted octanol–water partition coefficient (Wildman–Crippen LogP) is 1.61. The molecule has 3 N–H and O–H groups in total. The molecule has 6 nitrogen and oxygen atoms in total. The van der Waals surface area contributed by atoms with Crippen molar-refractivity contribution in [2.75, 3.05) is 12.3 Å². The van der Waals surface area contributed by atoms with Gasteiger partial charge >= 0.3 is 0 Å². The van der Waals surface area contributed by atoms with Crippen LogP contribution in [0.2, 0.25) is 0 Å². The average molecular weight is 293 g/mol. The van der Waals surface area contributed by atoms with E-state index in [1.54, 1.807) is 6.20 Å². The number of anilines is 1. The van der Waals surface area contributed by atoms with Crippen molar-refractivity contribution in [3.8, 4) is 0 Å². The lowest BCUT2D eigenvalue weighted by atomic mass is 10.2. The van der Waals surface area contributed by atoms with Crippen LogP contribution >= 0.6 is 11.3 Å². The van der Waals surface area contributed by atoms with E-state index in [9.17, 15) is 4.79 Å². The van der Waals surface area contributed by atoms with Crippen LogP contribution in [0.5, 0.6) is 0 Å². The summed E-state index contributed by atoms with van der Waals surface area (Å²) in [5, 5.41) is 9.67. The second-order valence-corrected chi connectivity index (χ2v) is 5.46. The molecule has 1 amide bonds. The van der Waals surface area contributed by atoms with Crippen molar-refractivity contribution in [1.29, 1.82) is 0 Å². The molecule has 0 saturated carbocycles. The summed E-state index contributed by atoms with van der Waals surface area (Å²) in [7, 11) is 0. The zero-order valence-corrected chi connectivity index (χ0v) is 12.5. The number of nitrogens with two attached hydrogens (primary N) is 1. The molecule has 7 heteroatoms. The summed E-state index contributed by atoms with van der Waals surface area (Å²) in [6, 6.07) is 0. The molecule has 0 spiro atoms. The number of nitrogens with zero attached hydrogens (tertiary/aromatic N) is 3. The van der Waals surface area contributed by atoms with Gasteiger partial charge < -0.3 is 11.1 Å². The first-order valence-corrected chi connectivity index (χ1v) is 7.50. The molecule has 0 fully saturated rings. The number of carbonyl (C=O) groups is 1. The summed E-state index contributed by atoms with van der Waals surface area (Å²) in [5.41, 5.74) is 7.86. The summed E-state index contributed by atoms with van der Waals surface area (Å²) >= 11 is 1.41. The molecule has 0 aliphatic heterocycles. The molecule has 2 aromatic rings. The van der Waals surface area contributed by atoms with Gasteiger partial charge in [0.05, 0.1) is 17.0 Å². The van der Waals surface area contributed by atoms with Gasteiger partial charge in [0.2, 0.25) is 0 Å². The SMILES string of the molecule is CCCn1cc(C(=O)NCCc2csc(N)n2)c(C)n1. The molecular weight excluding hydrogens is 274 g/mol. The highest BCUT2D eigenvalue weighted by atomic mass is 32.1. The van der Waals surface area contributed by atoms with Gasteiger partial charge in [-0.05, 0) is 13.3 Å². The number of thiazole rings is 1. The highest BCUT2D eigenvalue weighted by Crippen LogP contribution is 2.11. The van der Waals surface area contributed by atoms with Gasteiger partial charge in [0.1, 0.15) is 0 Å². The Labute approximate surface area is 122 Å². The molecule has 0 radical (unpaired) electrons. The minimum absolute atomic E-state index is 0.0898. The normalized spacial score (nSPS) is 10.7. The molecule has 2 aromatic heterocycles. The maximum Gasteiger partial charge on any atom is 0.254 e. The molecule has 0 aliphatic carbocycles. The summed E-state index contributed by atoms with van der Waals surface area (Å²) in [6.45, 7) is 5.30. The summed E-state index contributed by atoms with van der Waals surface area (Å²) in [5.74, 6) is -0.0898. The van der Waals surface area contributed by atoms with Crippen LogP contribution in [0, 0.1) is 6.92 Å². The number of aryl methyl sites for hydroxylation is 2. The molecule has 108 valence electrons. The third-order valence-electron chi connectivity index (χ3n) is 2.88. The molecule has 20 heavy (non-hydrogen) atoms. The first-order valence-electron chi connectivity index (χ1n) is 6.62. The van der Waals surface area contributed by atoms with Crippen molar-refractivity contribution in [1.82, 2.24) is 20.1 Å². The number of carbonyl (C=O) groups excluding carboxylic acids is 1. The predicted molar refractivity (Wildman–Crippen MR) is 79.8 cm³/mol. The standard InChI is InChI=1S/C13H19N5OS/c1-3-6-18-7-11(9(2)17-18)12(19)15-5-4-10-8-20-13(14)16-10/h7-8H,3-6H2,1-2H3,(H2,14,16)(H,15,19). The van der Waals surface area contributed by atoms with E-state index in [-0.39, 0.29) is 5.91 Å². The number of hydrogen-bond donors (Lipinski definition) is 2. The monoisotopic (exact) mass is 293 g/mol. The number of amides is 1. The van der Waals surface area contributed by atoms with E-state index >= 15 is 0 Å². The maximum absolute atomic E-state index is 12.1. The molecule has 0 aliphatic rings. The van der Waals surface area contributed by atoms with Gasteiger partial charge in [-0.25, -0.2) is 4.98 Å². The molecule has 0 atom stereocenters. The van der Waals surface area contributed by atoms with Gasteiger partial charge in [0, 0.05) is 31.1 Å². The lowest BCUT2D eigenvalue weighted by Gasteiger charge is -2.02. The van der Waals surface area contributed by atoms with Crippen molar-refractivity contribution in [3.63, 3.8) is 0 Å². The van der Waals surface area contributed by atoms with E-state index in [0.717, 1.165) is 24.4 Å². The third-order valence-corrected chi connectivity index (χ3v) is 3.60. The Kier molecular flexibility index (Phi) is 4.73. The van der Waals surface area contributed by atoms with Crippen LogP contribution in [0.15, 0.2) is 11.6 Å². The van der Waals surface area contributed by atoms with Crippen LogP contribution in [0.3, 0.4) is 0 Å². The zero-order valence-electron chi connectivity index (χ0n) is 11.7. The minimum Gasteiger partial charge on any atom is -0.375 e. The van der Waals surface area contributed by atoms with Crippen molar-refractivity contribution in [2.24, 2.45) is 0 Å². The van der Waals surface area contributed by atoms with Crippen LogP contribution in [0.25, 0.3) is 0 Å². The van der Waals surface area contributed by atoms with Gasteiger partial charge in [-0.2, -0.15) is 5.10 Å². The highest BCUT2D eigenvalue weighted by Gasteiger charge is 2.12. The molecule has 0 unspecified atom stereocenters. The fourth-order valence-electron chi connectivity index (χ4n) is 1.92. The first kappa shape index (κ1) is 14.5. The second kappa shape index (κ2) is 6.51. The average Bonchev–Trinajstić information content (AvgIpc) is 2.96. The maximum atomic E-state index is 12.1. The molecule has 0 aromatic carbocycles. The number of nitrogens with one attached hydrogen (secondary N) is 1. The van der Waals surface area contributed by atoms with E-state index in [0.29, 0.717) is 23.7 Å². The number of aromatic nitrogens is 3. The van der Waals surface area contributed by atoms with Gasteiger partial charge in [0.25, 0.3) is 5.91 Å². The molecular formula is C13H19N5OS. The Morgan fingerprint density at radius 1 is 1.55 bits per heavy atom. The Bertz CT molecular complexity index is 589. The minimum atomic E-state index is -0.0898.